The molecule has 3 rings (SSSR count). The third-order valence-corrected chi connectivity index (χ3v) is 4.56. The van der Waals surface area contributed by atoms with Crippen LogP contribution >= 0.6 is 31.9 Å². The number of nitrogens with zero attached hydrogens (tertiary/aromatic N) is 2. The van der Waals surface area contributed by atoms with Gasteiger partial charge < -0.3 is 5.32 Å². The highest BCUT2D eigenvalue weighted by atomic mass is 79.9. The Labute approximate surface area is 159 Å². The van der Waals surface area contributed by atoms with Crippen LogP contribution in [0.1, 0.15) is 6.42 Å². The SMILES string of the molecule is O=C(CCn1cnc2ccc(Br)cc2c1=O)Nc1ccc(Br)cc1F. The van der Waals surface area contributed by atoms with Gasteiger partial charge in [0.2, 0.25) is 5.91 Å². The van der Waals surface area contributed by atoms with Crippen LogP contribution in [-0.4, -0.2) is 15.5 Å². The summed E-state index contributed by atoms with van der Waals surface area (Å²) in [5, 5.41) is 2.96. The molecule has 25 heavy (non-hydrogen) atoms. The molecule has 0 fully saturated rings. The van der Waals surface area contributed by atoms with Crippen molar-refractivity contribution in [2.75, 3.05) is 5.32 Å². The number of fused-ring (bicyclic) bond motifs is 1. The van der Waals surface area contributed by atoms with E-state index in [2.05, 4.69) is 42.2 Å². The van der Waals surface area contributed by atoms with E-state index in [4.69, 9.17) is 0 Å². The summed E-state index contributed by atoms with van der Waals surface area (Å²) in [7, 11) is 0. The van der Waals surface area contributed by atoms with Gasteiger partial charge >= 0.3 is 0 Å². The van der Waals surface area contributed by atoms with E-state index in [-0.39, 0.29) is 30.1 Å². The zero-order valence-electron chi connectivity index (χ0n) is 12.8. The maximum absolute atomic E-state index is 13.7. The summed E-state index contributed by atoms with van der Waals surface area (Å²) in [4.78, 5) is 28.7. The van der Waals surface area contributed by atoms with Crippen molar-refractivity contribution in [3.05, 3.63) is 67.8 Å². The Bertz CT molecular complexity index is 1020. The third kappa shape index (κ3) is 4.13. The van der Waals surface area contributed by atoms with Gasteiger partial charge in [0, 0.05) is 21.9 Å². The molecular weight excluding hydrogens is 457 g/mol. The molecule has 0 aliphatic carbocycles. The average Bonchev–Trinajstić information content (AvgIpc) is 2.57. The first-order valence-corrected chi connectivity index (χ1v) is 8.92. The Morgan fingerprint density at radius 1 is 1.16 bits per heavy atom. The van der Waals surface area contributed by atoms with E-state index >= 15 is 0 Å². The van der Waals surface area contributed by atoms with Crippen LogP contribution in [0.15, 0.2) is 56.5 Å². The van der Waals surface area contributed by atoms with Crippen molar-refractivity contribution in [1.82, 2.24) is 9.55 Å². The van der Waals surface area contributed by atoms with E-state index in [1.165, 1.54) is 23.0 Å². The summed E-state index contributed by atoms with van der Waals surface area (Å²) in [6.07, 6.45) is 1.43. The molecule has 0 radical (unpaired) electrons. The lowest BCUT2D eigenvalue weighted by molar-refractivity contribution is -0.116. The first-order valence-electron chi connectivity index (χ1n) is 7.33. The van der Waals surface area contributed by atoms with E-state index in [1.54, 1.807) is 24.3 Å². The van der Waals surface area contributed by atoms with Crippen LogP contribution in [-0.2, 0) is 11.3 Å². The molecule has 0 saturated carbocycles. The second-order valence-corrected chi connectivity index (χ2v) is 7.16. The molecule has 0 saturated heterocycles. The highest BCUT2D eigenvalue weighted by Gasteiger charge is 2.10. The van der Waals surface area contributed by atoms with Gasteiger partial charge in [0.25, 0.3) is 5.56 Å². The molecule has 3 aromatic rings. The number of aryl methyl sites for hydroxylation is 1. The lowest BCUT2D eigenvalue weighted by atomic mass is 10.2. The van der Waals surface area contributed by atoms with Gasteiger partial charge in [0.15, 0.2) is 0 Å². The van der Waals surface area contributed by atoms with Crippen LogP contribution < -0.4 is 10.9 Å². The van der Waals surface area contributed by atoms with Gasteiger partial charge in [0.1, 0.15) is 5.82 Å². The Morgan fingerprint density at radius 3 is 2.64 bits per heavy atom. The van der Waals surface area contributed by atoms with Crippen molar-refractivity contribution in [2.45, 2.75) is 13.0 Å². The van der Waals surface area contributed by atoms with Crippen molar-refractivity contribution < 1.29 is 9.18 Å². The highest BCUT2D eigenvalue weighted by Crippen LogP contribution is 2.19. The van der Waals surface area contributed by atoms with Gasteiger partial charge in [-0.25, -0.2) is 9.37 Å². The van der Waals surface area contributed by atoms with Gasteiger partial charge in [-0.05, 0) is 36.4 Å². The monoisotopic (exact) mass is 467 g/mol. The number of carbonyl (C=O) groups is 1. The van der Waals surface area contributed by atoms with E-state index in [1.807, 2.05) is 0 Å². The van der Waals surface area contributed by atoms with Crippen LogP contribution in [0.25, 0.3) is 10.9 Å². The topological polar surface area (TPSA) is 64.0 Å². The minimum Gasteiger partial charge on any atom is -0.324 e. The molecule has 0 bridgehead atoms. The smallest absolute Gasteiger partial charge is 0.261 e. The van der Waals surface area contributed by atoms with Crippen LogP contribution in [0, 0.1) is 5.82 Å². The van der Waals surface area contributed by atoms with E-state index in [0.29, 0.717) is 15.4 Å². The molecule has 0 aliphatic rings. The first kappa shape index (κ1) is 17.8. The molecule has 0 spiro atoms. The van der Waals surface area contributed by atoms with Crippen LogP contribution in [0.3, 0.4) is 0 Å². The molecule has 0 unspecified atom stereocenters. The second kappa shape index (κ2) is 7.45. The Hall–Kier alpha value is -2.06. The van der Waals surface area contributed by atoms with Gasteiger partial charge in [-0.2, -0.15) is 0 Å². The standard InChI is InChI=1S/C17H12Br2FN3O2/c18-10-1-3-14-12(7-10)17(25)23(9-21-14)6-5-16(24)22-15-4-2-11(19)8-13(15)20/h1-4,7-9H,5-6H2,(H,22,24). The van der Waals surface area contributed by atoms with Crippen LogP contribution in [0.4, 0.5) is 10.1 Å². The predicted octanol–water partition coefficient (Wildman–Crippen LogP) is 4.09. The van der Waals surface area contributed by atoms with Crippen molar-refractivity contribution in [3.8, 4) is 0 Å². The molecule has 5 nitrogen and oxygen atoms in total. The maximum atomic E-state index is 13.7. The van der Waals surface area contributed by atoms with Gasteiger partial charge in [-0.15, -0.1) is 0 Å². The Kier molecular flexibility index (Phi) is 5.29. The van der Waals surface area contributed by atoms with Crippen molar-refractivity contribution in [3.63, 3.8) is 0 Å². The maximum Gasteiger partial charge on any atom is 0.261 e. The molecule has 1 amide bonds. The van der Waals surface area contributed by atoms with E-state index < -0.39 is 5.82 Å². The minimum absolute atomic E-state index is 0.0244. The fourth-order valence-electron chi connectivity index (χ4n) is 2.32. The fraction of sp³-hybridized carbons (Fsp3) is 0.118. The van der Waals surface area contributed by atoms with Gasteiger partial charge in [-0.1, -0.05) is 31.9 Å². The Balaban J connectivity index is 1.73. The van der Waals surface area contributed by atoms with Crippen LogP contribution in [0.5, 0.6) is 0 Å². The van der Waals surface area contributed by atoms with Crippen LogP contribution in [0.2, 0.25) is 0 Å². The number of hydrogen-bond acceptors (Lipinski definition) is 3. The molecule has 0 aliphatic heterocycles. The lowest BCUT2D eigenvalue weighted by Gasteiger charge is -2.09. The molecule has 1 N–H and O–H groups in total. The summed E-state index contributed by atoms with van der Waals surface area (Å²) in [6.45, 7) is 0.151. The number of carbonyl (C=O) groups excluding carboxylic acids is 1. The molecule has 0 atom stereocenters. The lowest BCUT2D eigenvalue weighted by Crippen LogP contribution is -2.23. The summed E-state index contributed by atoms with van der Waals surface area (Å²) in [5.74, 6) is -0.917. The minimum atomic E-state index is -0.530. The predicted molar refractivity (Wildman–Crippen MR) is 101 cm³/mol. The molecular formula is C17H12Br2FN3O2. The largest absolute Gasteiger partial charge is 0.324 e. The summed E-state index contributed by atoms with van der Waals surface area (Å²) in [5.41, 5.74) is 0.459. The quantitative estimate of drug-likeness (QED) is 0.627. The summed E-state index contributed by atoms with van der Waals surface area (Å²) < 4.78 is 16.5. The Morgan fingerprint density at radius 2 is 1.88 bits per heavy atom. The zero-order chi connectivity index (χ0) is 18.0. The normalized spacial score (nSPS) is 10.8. The zero-order valence-corrected chi connectivity index (χ0v) is 16.0. The number of anilines is 1. The number of amides is 1. The number of benzene rings is 2. The van der Waals surface area contributed by atoms with Crippen molar-refractivity contribution >= 4 is 54.4 Å². The summed E-state index contributed by atoms with van der Waals surface area (Å²) in [6, 6.07) is 9.62. The molecule has 2 aromatic carbocycles. The average molecular weight is 469 g/mol. The van der Waals surface area contributed by atoms with E-state index in [9.17, 15) is 14.0 Å². The molecule has 128 valence electrons. The number of hydrogen-bond donors (Lipinski definition) is 1. The van der Waals surface area contributed by atoms with E-state index in [0.717, 1.165) is 4.47 Å². The number of rotatable bonds is 4. The number of nitrogens with one attached hydrogen (secondary N) is 1. The number of aromatic nitrogens is 2. The van der Waals surface area contributed by atoms with Gasteiger partial charge in [-0.3, -0.25) is 14.2 Å². The van der Waals surface area contributed by atoms with Gasteiger partial charge in [0.05, 0.1) is 22.9 Å². The first-order chi connectivity index (χ1) is 11.9. The highest BCUT2D eigenvalue weighted by molar-refractivity contribution is 9.10. The summed E-state index contributed by atoms with van der Waals surface area (Å²) >= 11 is 6.48. The third-order valence-electron chi connectivity index (χ3n) is 3.57. The molecule has 1 aromatic heterocycles. The van der Waals surface area contributed by atoms with Crippen molar-refractivity contribution in [2.24, 2.45) is 0 Å². The van der Waals surface area contributed by atoms with Crippen molar-refractivity contribution in [1.29, 1.82) is 0 Å². The second-order valence-electron chi connectivity index (χ2n) is 5.33. The fourth-order valence-corrected chi connectivity index (χ4v) is 3.01. The number of halogens is 3. The molecule has 1 heterocycles. The molecule has 8 heteroatoms.